The summed E-state index contributed by atoms with van der Waals surface area (Å²) in [5.41, 5.74) is 2.99. The molecule has 0 saturated carbocycles. The number of ketones is 1. The molecule has 0 spiro atoms. The molecular formula is C24H29FN2O2. The van der Waals surface area contributed by atoms with Crippen LogP contribution in [-0.2, 0) is 4.79 Å². The van der Waals surface area contributed by atoms with E-state index in [9.17, 15) is 14.0 Å². The van der Waals surface area contributed by atoms with Crippen LogP contribution in [0.3, 0.4) is 0 Å². The zero-order valence-corrected chi connectivity index (χ0v) is 17.0. The number of hydrogen-bond donors (Lipinski definition) is 1. The maximum absolute atomic E-state index is 12.9. The Labute approximate surface area is 172 Å². The molecule has 2 aromatic rings. The molecule has 0 radical (unpaired) electrons. The highest BCUT2D eigenvalue weighted by atomic mass is 19.1. The summed E-state index contributed by atoms with van der Waals surface area (Å²) in [4.78, 5) is 26.9. The molecule has 0 bridgehead atoms. The van der Waals surface area contributed by atoms with Crippen LogP contribution in [0.1, 0.15) is 59.6 Å². The van der Waals surface area contributed by atoms with Crippen LogP contribution in [-0.4, -0.2) is 36.2 Å². The van der Waals surface area contributed by atoms with Gasteiger partial charge in [0.1, 0.15) is 5.82 Å². The van der Waals surface area contributed by atoms with Gasteiger partial charge in [-0.1, -0.05) is 24.3 Å². The number of carbonyl (C=O) groups excluding carboxylic acids is 2. The summed E-state index contributed by atoms with van der Waals surface area (Å²) in [5, 5.41) is 3.06. The molecule has 3 rings (SSSR count). The SMILES string of the molecule is Cc1ccccc1C(CNC(=O)CCCC(=O)c1ccc(F)cc1)N1CCCC1. The molecule has 5 heteroatoms. The average molecular weight is 397 g/mol. The third-order valence-electron chi connectivity index (χ3n) is 5.60. The summed E-state index contributed by atoms with van der Waals surface area (Å²) >= 11 is 0. The lowest BCUT2D eigenvalue weighted by atomic mass is 10.00. The second-order valence-corrected chi connectivity index (χ2v) is 7.70. The molecule has 2 aromatic carbocycles. The minimum Gasteiger partial charge on any atom is -0.354 e. The number of nitrogens with one attached hydrogen (secondary N) is 1. The van der Waals surface area contributed by atoms with Crippen molar-refractivity contribution in [1.29, 1.82) is 0 Å². The summed E-state index contributed by atoms with van der Waals surface area (Å²) in [6.45, 7) is 4.80. The number of carbonyl (C=O) groups is 2. The first kappa shape index (κ1) is 21.2. The molecule has 1 unspecified atom stereocenters. The van der Waals surface area contributed by atoms with Crippen LogP contribution in [0.2, 0.25) is 0 Å². The van der Waals surface area contributed by atoms with Crippen molar-refractivity contribution in [2.24, 2.45) is 0 Å². The lowest BCUT2D eigenvalue weighted by Crippen LogP contribution is -2.37. The number of rotatable bonds is 9. The molecule has 4 nitrogen and oxygen atoms in total. The van der Waals surface area contributed by atoms with Crippen molar-refractivity contribution in [1.82, 2.24) is 10.2 Å². The highest BCUT2D eigenvalue weighted by Crippen LogP contribution is 2.26. The molecule has 1 aliphatic heterocycles. The molecule has 29 heavy (non-hydrogen) atoms. The van der Waals surface area contributed by atoms with Gasteiger partial charge in [0.25, 0.3) is 0 Å². The zero-order chi connectivity index (χ0) is 20.6. The van der Waals surface area contributed by atoms with Crippen molar-refractivity contribution in [3.8, 4) is 0 Å². The molecule has 1 fully saturated rings. The van der Waals surface area contributed by atoms with E-state index in [4.69, 9.17) is 0 Å². The van der Waals surface area contributed by atoms with Crippen LogP contribution in [0.25, 0.3) is 0 Å². The number of nitrogens with zero attached hydrogens (tertiary/aromatic N) is 1. The zero-order valence-electron chi connectivity index (χ0n) is 17.0. The summed E-state index contributed by atoms with van der Waals surface area (Å²) < 4.78 is 12.9. The number of hydrogen-bond acceptors (Lipinski definition) is 3. The van der Waals surface area contributed by atoms with Crippen LogP contribution in [0, 0.1) is 12.7 Å². The minimum absolute atomic E-state index is 0.0327. The molecule has 1 atom stereocenters. The first-order chi connectivity index (χ1) is 14.0. The monoisotopic (exact) mass is 396 g/mol. The van der Waals surface area contributed by atoms with Gasteiger partial charge in [-0.2, -0.15) is 0 Å². The molecule has 1 saturated heterocycles. The van der Waals surface area contributed by atoms with Gasteiger partial charge in [0, 0.05) is 24.9 Å². The second-order valence-electron chi connectivity index (χ2n) is 7.70. The van der Waals surface area contributed by atoms with Gasteiger partial charge in [-0.15, -0.1) is 0 Å². The Balaban J connectivity index is 1.49. The molecule has 1 amide bonds. The minimum atomic E-state index is -0.359. The Bertz CT molecular complexity index is 829. The Kier molecular flexibility index (Phi) is 7.53. The first-order valence-corrected chi connectivity index (χ1v) is 10.4. The molecule has 1 N–H and O–H groups in total. The number of aryl methyl sites for hydroxylation is 1. The van der Waals surface area contributed by atoms with Crippen LogP contribution in [0.4, 0.5) is 4.39 Å². The standard InChI is InChI=1S/C24H29FN2O2/c1-18-7-2-3-8-21(18)22(27-15-4-5-16-27)17-26-24(29)10-6-9-23(28)19-11-13-20(25)14-12-19/h2-3,7-8,11-14,22H,4-6,9-10,15-17H2,1H3,(H,26,29). The molecule has 1 aliphatic rings. The van der Waals surface area contributed by atoms with E-state index in [0.717, 1.165) is 13.1 Å². The van der Waals surface area contributed by atoms with E-state index < -0.39 is 0 Å². The number of likely N-dealkylation sites (tertiary alicyclic amines) is 1. The number of amides is 1. The Morgan fingerprint density at radius 2 is 1.72 bits per heavy atom. The van der Waals surface area contributed by atoms with Crippen LogP contribution >= 0.6 is 0 Å². The van der Waals surface area contributed by atoms with E-state index in [2.05, 4.69) is 29.3 Å². The van der Waals surface area contributed by atoms with Crippen molar-refractivity contribution in [2.75, 3.05) is 19.6 Å². The fourth-order valence-electron chi connectivity index (χ4n) is 3.94. The maximum atomic E-state index is 12.9. The highest BCUT2D eigenvalue weighted by molar-refractivity contribution is 5.96. The maximum Gasteiger partial charge on any atom is 0.220 e. The van der Waals surface area contributed by atoms with Gasteiger partial charge in [0.15, 0.2) is 5.78 Å². The third kappa shape index (κ3) is 5.97. The van der Waals surface area contributed by atoms with Crippen LogP contribution < -0.4 is 5.32 Å². The summed E-state index contributed by atoms with van der Waals surface area (Å²) in [7, 11) is 0. The van der Waals surface area contributed by atoms with E-state index in [1.54, 1.807) is 0 Å². The predicted octanol–water partition coefficient (Wildman–Crippen LogP) is 4.44. The third-order valence-corrected chi connectivity index (χ3v) is 5.60. The van der Waals surface area contributed by atoms with Crippen molar-refractivity contribution in [3.63, 3.8) is 0 Å². The van der Waals surface area contributed by atoms with Gasteiger partial charge in [-0.25, -0.2) is 4.39 Å². The smallest absolute Gasteiger partial charge is 0.220 e. The normalized spacial score (nSPS) is 15.2. The number of benzene rings is 2. The number of halogens is 1. The van der Waals surface area contributed by atoms with Crippen molar-refractivity contribution >= 4 is 11.7 Å². The summed E-state index contributed by atoms with van der Waals surface area (Å²) in [6.07, 6.45) is 3.48. The van der Waals surface area contributed by atoms with E-state index in [1.165, 1.54) is 48.2 Å². The predicted molar refractivity (Wildman–Crippen MR) is 112 cm³/mol. The van der Waals surface area contributed by atoms with Crippen LogP contribution in [0.15, 0.2) is 48.5 Å². The quantitative estimate of drug-likeness (QED) is 0.638. The van der Waals surface area contributed by atoms with E-state index in [0.29, 0.717) is 24.9 Å². The summed E-state index contributed by atoms with van der Waals surface area (Å²) in [6, 6.07) is 14.1. The first-order valence-electron chi connectivity index (χ1n) is 10.4. The van der Waals surface area contributed by atoms with E-state index in [-0.39, 0.29) is 30.0 Å². The number of Topliss-reactive ketones (excluding diaryl/α,β-unsaturated/α-hetero) is 1. The molecule has 0 aromatic heterocycles. The van der Waals surface area contributed by atoms with E-state index in [1.807, 2.05) is 12.1 Å². The molecular weight excluding hydrogens is 367 g/mol. The Hall–Kier alpha value is -2.53. The van der Waals surface area contributed by atoms with Gasteiger partial charge >= 0.3 is 0 Å². The summed E-state index contributed by atoms with van der Waals surface area (Å²) in [5.74, 6) is -0.454. The fraction of sp³-hybridized carbons (Fsp3) is 0.417. The van der Waals surface area contributed by atoms with Gasteiger partial charge in [0.2, 0.25) is 5.91 Å². The van der Waals surface area contributed by atoms with Gasteiger partial charge in [-0.3, -0.25) is 14.5 Å². The Morgan fingerprint density at radius 1 is 1.03 bits per heavy atom. The second kappa shape index (κ2) is 10.3. The Morgan fingerprint density at radius 3 is 2.41 bits per heavy atom. The topological polar surface area (TPSA) is 49.4 Å². The van der Waals surface area contributed by atoms with Crippen molar-refractivity contribution in [2.45, 2.75) is 45.1 Å². The molecule has 0 aliphatic carbocycles. The van der Waals surface area contributed by atoms with Crippen LogP contribution in [0.5, 0.6) is 0 Å². The largest absolute Gasteiger partial charge is 0.354 e. The molecule has 154 valence electrons. The average Bonchev–Trinajstić information content (AvgIpc) is 3.24. The van der Waals surface area contributed by atoms with Crippen molar-refractivity contribution < 1.29 is 14.0 Å². The van der Waals surface area contributed by atoms with E-state index >= 15 is 0 Å². The lowest BCUT2D eigenvalue weighted by molar-refractivity contribution is -0.121. The molecule has 1 heterocycles. The lowest BCUT2D eigenvalue weighted by Gasteiger charge is -2.29. The van der Waals surface area contributed by atoms with Gasteiger partial charge in [0.05, 0.1) is 6.04 Å². The van der Waals surface area contributed by atoms with Gasteiger partial charge in [-0.05, 0) is 74.7 Å². The van der Waals surface area contributed by atoms with Gasteiger partial charge < -0.3 is 5.32 Å². The highest BCUT2D eigenvalue weighted by Gasteiger charge is 2.24. The van der Waals surface area contributed by atoms with Crippen molar-refractivity contribution in [3.05, 3.63) is 71.0 Å². The fourth-order valence-corrected chi connectivity index (χ4v) is 3.94.